The van der Waals surface area contributed by atoms with Crippen molar-refractivity contribution in [2.24, 2.45) is 5.92 Å². The van der Waals surface area contributed by atoms with Gasteiger partial charge in [-0.05, 0) is 24.7 Å². The van der Waals surface area contributed by atoms with Crippen molar-refractivity contribution in [3.63, 3.8) is 0 Å². The molecule has 0 aromatic heterocycles. The van der Waals surface area contributed by atoms with Gasteiger partial charge in [-0.2, -0.15) is 0 Å². The lowest BCUT2D eigenvalue weighted by Crippen LogP contribution is -2.31. The Morgan fingerprint density at radius 3 is 2.32 bits per heavy atom. The molecule has 1 aromatic carbocycles. The van der Waals surface area contributed by atoms with Gasteiger partial charge in [-0.15, -0.1) is 0 Å². The molecule has 0 aliphatic heterocycles. The first-order valence-electron chi connectivity index (χ1n) is 5.76. The zero-order valence-corrected chi connectivity index (χ0v) is 10.5. The maximum absolute atomic E-state index is 12.7. The van der Waals surface area contributed by atoms with Crippen molar-refractivity contribution in [2.75, 3.05) is 13.6 Å². The first-order chi connectivity index (χ1) is 8.88. The number of halogens is 1. The van der Waals surface area contributed by atoms with Crippen LogP contribution < -0.4 is 0 Å². The minimum Gasteiger partial charge on any atom is -0.481 e. The third kappa shape index (κ3) is 5.48. The third-order valence-corrected chi connectivity index (χ3v) is 2.67. The number of carboxylic acid groups (broad SMARTS) is 2. The SMILES string of the molecule is CN(Cc1ccc(F)cc1)CC(CC(=O)O)C(=O)O. The third-order valence-electron chi connectivity index (χ3n) is 2.67. The van der Waals surface area contributed by atoms with E-state index in [4.69, 9.17) is 10.2 Å². The van der Waals surface area contributed by atoms with E-state index in [0.717, 1.165) is 5.56 Å². The van der Waals surface area contributed by atoms with Gasteiger partial charge in [0.2, 0.25) is 0 Å². The highest BCUT2D eigenvalue weighted by Gasteiger charge is 2.22. The molecule has 0 heterocycles. The maximum atomic E-state index is 12.7. The summed E-state index contributed by atoms with van der Waals surface area (Å²) < 4.78 is 12.7. The Balaban J connectivity index is 2.57. The molecule has 0 radical (unpaired) electrons. The second-order valence-electron chi connectivity index (χ2n) is 4.46. The summed E-state index contributed by atoms with van der Waals surface area (Å²) in [5.74, 6) is -3.56. The molecule has 104 valence electrons. The fraction of sp³-hybridized carbons (Fsp3) is 0.385. The highest BCUT2D eigenvalue weighted by atomic mass is 19.1. The topological polar surface area (TPSA) is 77.8 Å². The molecule has 0 aliphatic rings. The molecule has 2 N–H and O–H groups in total. The van der Waals surface area contributed by atoms with Crippen molar-refractivity contribution in [1.82, 2.24) is 4.90 Å². The number of nitrogens with zero attached hydrogens (tertiary/aromatic N) is 1. The highest BCUT2D eigenvalue weighted by Crippen LogP contribution is 2.10. The molecule has 5 nitrogen and oxygen atoms in total. The number of aliphatic carboxylic acids is 2. The summed E-state index contributed by atoms with van der Waals surface area (Å²) in [6.07, 6.45) is -0.414. The standard InChI is InChI=1S/C13H16FNO4/c1-15(7-9-2-4-11(14)5-3-9)8-10(13(18)19)6-12(16)17/h2-5,10H,6-8H2,1H3,(H,16,17)(H,18,19). The smallest absolute Gasteiger partial charge is 0.308 e. The van der Waals surface area contributed by atoms with Gasteiger partial charge in [0.15, 0.2) is 0 Å². The fourth-order valence-corrected chi connectivity index (χ4v) is 1.78. The van der Waals surface area contributed by atoms with Crippen LogP contribution in [0.5, 0.6) is 0 Å². The molecule has 1 rings (SSSR count). The maximum Gasteiger partial charge on any atom is 0.308 e. The first kappa shape index (κ1) is 15.1. The van der Waals surface area contributed by atoms with Gasteiger partial charge in [0.05, 0.1) is 12.3 Å². The van der Waals surface area contributed by atoms with Crippen LogP contribution in [0.4, 0.5) is 4.39 Å². The van der Waals surface area contributed by atoms with E-state index in [2.05, 4.69) is 0 Å². The van der Waals surface area contributed by atoms with E-state index in [1.807, 2.05) is 0 Å². The van der Waals surface area contributed by atoms with Gasteiger partial charge in [0.25, 0.3) is 0 Å². The Kier molecular flexibility index (Phi) is 5.44. The van der Waals surface area contributed by atoms with Crippen LogP contribution in [0.1, 0.15) is 12.0 Å². The van der Waals surface area contributed by atoms with Gasteiger partial charge in [0, 0.05) is 13.1 Å². The van der Waals surface area contributed by atoms with E-state index in [1.54, 1.807) is 24.1 Å². The Morgan fingerprint density at radius 2 is 1.84 bits per heavy atom. The van der Waals surface area contributed by atoms with Gasteiger partial charge < -0.3 is 15.1 Å². The average molecular weight is 269 g/mol. The number of hydrogen-bond donors (Lipinski definition) is 2. The summed E-state index contributed by atoms with van der Waals surface area (Å²) in [7, 11) is 1.70. The van der Waals surface area contributed by atoms with Gasteiger partial charge >= 0.3 is 11.9 Å². The van der Waals surface area contributed by atoms with Crippen molar-refractivity contribution in [3.8, 4) is 0 Å². The molecule has 0 fully saturated rings. The lowest BCUT2D eigenvalue weighted by Gasteiger charge is -2.20. The van der Waals surface area contributed by atoms with Gasteiger partial charge in [-0.3, -0.25) is 9.59 Å². The quantitative estimate of drug-likeness (QED) is 0.783. The molecule has 19 heavy (non-hydrogen) atoms. The number of benzene rings is 1. The Hall–Kier alpha value is -1.95. The molecular weight excluding hydrogens is 253 g/mol. The van der Waals surface area contributed by atoms with Crippen LogP contribution in [-0.2, 0) is 16.1 Å². The first-order valence-corrected chi connectivity index (χ1v) is 5.76. The summed E-state index contributed by atoms with van der Waals surface area (Å²) in [5, 5.41) is 17.6. The number of carboxylic acids is 2. The van der Waals surface area contributed by atoms with Crippen LogP contribution in [0.25, 0.3) is 0 Å². The van der Waals surface area contributed by atoms with E-state index in [1.165, 1.54) is 12.1 Å². The number of rotatable bonds is 7. The minimum atomic E-state index is -1.14. The largest absolute Gasteiger partial charge is 0.481 e. The van der Waals surface area contributed by atoms with Gasteiger partial charge in [0.1, 0.15) is 5.82 Å². The van der Waals surface area contributed by atoms with Crippen molar-refractivity contribution in [1.29, 1.82) is 0 Å². The van der Waals surface area contributed by atoms with Crippen LogP contribution in [0.3, 0.4) is 0 Å². The molecular formula is C13H16FNO4. The Morgan fingerprint density at radius 1 is 1.26 bits per heavy atom. The molecule has 0 bridgehead atoms. The van der Waals surface area contributed by atoms with Crippen molar-refractivity contribution in [3.05, 3.63) is 35.6 Å². The molecule has 1 atom stereocenters. The van der Waals surface area contributed by atoms with Crippen molar-refractivity contribution >= 4 is 11.9 Å². The predicted molar refractivity (Wildman–Crippen MR) is 66.1 cm³/mol. The second-order valence-corrected chi connectivity index (χ2v) is 4.46. The highest BCUT2D eigenvalue weighted by molar-refractivity contribution is 5.77. The zero-order chi connectivity index (χ0) is 14.4. The summed E-state index contributed by atoms with van der Waals surface area (Å²) >= 11 is 0. The molecule has 6 heteroatoms. The molecule has 1 unspecified atom stereocenters. The van der Waals surface area contributed by atoms with E-state index >= 15 is 0 Å². The normalized spacial score (nSPS) is 12.4. The van der Waals surface area contributed by atoms with E-state index in [-0.39, 0.29) is 12.4 Å². The molecule has 1 aromatic rings. The average Bonchev–Trinajstić information content (AvgIpc) is 2.30. The monoisotopic (exact) mass is 269 g/mol. The van der Waals surface area contributed by atoms with Crippen molar-refractivity contribution < 1.29 is 24.2 Å². The molecule has 0 spiro atoms. The molecule has 0 saturated carbocycles. The summed E-state index contributed by atoms with van der Waals surface area (Å²) in [5.41, 5.74) is 0.836. The summed E-state index contributed by atoms with van der Waals surface area (Å²) in [6.45, 7) is 0.558. The number of hydrogen-bond acceptors (Lipinski definition) is 3. The molecule has 0 saturated heterocycles. The Labute approximate surface area is 110 Å². The van der Waals surface area contributed by atoms with Crippen LogP contribution in [0.2, 0.25) is 0 Å². The zero-order valence-electron chi connectivity index (χ0n) is 10.5. The predicted octanol–water partition coefficient (Wildman–Crippen LogP) is 1.43. The van der Waals surface area contributed by atoms with E-state index < -0.39 is 24.3 Å². The summed E-state index contributed by atoms with van der Waals surface area (Å²) in [6, 6.07) is 5.88. The molecule has 0 amide bonds. The molecule has 0 aliphatic carbocycles. The van der Waals surface area contributed by atoms with Crippen LogP contribution in [-0.4, -0.2) is 40.6 Å². The number of carbonyl (C=O) groups is 2. The summed E-state index contributed by atoms with van der Waals surface area (Å²) in [4.78, 5) is 23.2. The van der Waals surface area contributed by atoms with Gasteiger partial charge in [-0.25, -0.2) is 4.39 Å². The second kappa shape index (κ2) is 6.84. The lowest BCUT2D eigenvalue weighted by molar-refractivity contribution is -0.148. The van der Waals surface area contributed by atoms with Gasteiger partial charge in [-0.1, -0.05) is 12.1 Å². The fourth-order valence-electron chi connectivity index (χ4n) is 1.78. The Bertz CT molecular complexity index is 446. The van der Waals surface area contributed by atoms with Crippen LogP contribution in [0, 0.1) is 11.7 Å². The minimum absolute atomic E-state index is 0.124. The van der Waals surface area contributed by atoms with E-state index in [9.17, 15) is 14.0 Å². The van der Waals surface area contributed by atoms with Crippen molar-refractivity contribution in [2.45, 2.75) is 13.0 Å². The van der Waals surface area contributed by atoms with Crippen LogP contribution >= 0.6 is 0 Å². The lowest BCUT2D eigenvalue weighted by atomic mass is 10.1. The van der Waals surface area contributed by atoms with Crippen LogP contribution in [0.15, 0.2) is 24.3 Å². The van der Waals surface area contributed by atoms with E-state index in [0.29, 0.717) is 6.54 Å².